The van der Waals surface area contributed by atoms with Crippen molar-refractivity contribution in [2.24, 2.45) is 5.73 Å². The normalized spacial score (nSPS) is 10.1. The minimum Gasteiger partial charge on any atom is -0.424 e. The van der Waals surface area contributed by atoms with Crippen molar-refractivity contribution in [2.45, 2.75) is 6.92 Å². The molecule has 0 unspecified atom stereocenters. The lowest BCUT2D eigenvalue weighted by atomic mass is 10.3. The fourth-order valence-corrected chi connectivity index (χ4v) is 1.33. The lowest BCUT2D eigenvalue weighted by Gasteiger charge is -2.06. The summed E-state index contributed by atoms with van der Waals surface area (Å²) in [7, 11) is 0. The molecular formula is C12H11FN4O. The van der Waals surface area contributed by atoms with E-state index in [2.05, 4.69) is 9.97 Å². The van der Waals surface area contributed by atoms with Crippen LogP contribution in [0.15, 0.2) is 30.3 Å². The number of hydrogen-bond donors (Lipinski definition) is 2. The minimum absolute atomic E-state index is 0.0757. The molecule has 5 nitrogen and oxygen atoms in total. The molecule has 0 aliphatic rings. The average molecular weight is 246 g/mol. The van der Waals surface area contributed by atoms with Gasteiger partial charge in [-0.3, -0.25) is 5.41 Å². The number of aryl methyl sites for hydroxylation is 1. The van der Waals surface area contributed by atoms with Crippen molar-refractivity contribution in [1.29, 1.82) is 5.41 Å². The first-order valence-corrected chi connectivity index (χ1v) is 5.18. The fraction of sp³-hybridized carbons (Fsp3) is 0.0833. The number of halogens is 1. The van der Waals surface area contributed by atoms with Crippen LogP contribution >= 0.6 is 0 Å². The van der Waals surface area contributed by atoms with Crippen molar-refractivity contribution in [2.75, 3.05) is 0 Å². The molecule has 0 bridgehead atoms. The van der Waals surface area contributed by atoms with Crippen LogP contribution in [0.2, 0.25) is 0 Å². The van der Waals surface area contributed by atoms with Crippen LogP contribution in [0.5, 0.6) is 11.8 Å². The zero-order chi connectivity index (χ0) is 13.1. The molecule has 0 atom stereocenters. The summed E-state index contributed by atoms with van der Waals surface area (Å²) in [6.07, 6.45) is 0. The van der Waals surface area contributed by atoms with Gasteiger partial charge >= 0.3 is 6.01 Å². The second-order valence-electron chi connectivity index (χ2n) is 3.65. The Labute approximate surface area is 103 Å². The van der Waals surface area contributed by atoms with Gasteiger partial charge in [0, 0.05) is 5.69 Å². The molecule has 1 aromatic heterocycles. The second-order valence-corrected chi connectivity index (χ2v) is 3.65. The third-order valence-electron chi connectivity index (χ3n) is 2.13. The summed E-state index contributed by atoms with van der Waals surface area (Å²) in [5.41, 5.74) is 6.28. The maximum absolute atomic E-state index is 12.7. The van der Waals surface area contributed by atoms with E-state index >= 15 is 0 Å². The Hall–Kier alpha value is -2.50. The molecule has 2 aromatic rings. The Morgan fingerprint density at radius 2 is 1.94 bits per heavy atom. The second kappa shape index (κ2) is 4.79. The predicted molar refractivity (Wildman–Crippen MR) is 64.3 cm³/mol. The van der Waals surface area contributed by atoms with Gasteiger partial charge in [-0.15, -0.1) is 0 Å². The number of hydrogen-bond acceptors (Lipinski definition) is 4. The maximum Gasteiger partial charge on any atom is 0.322 e. The summed E-state index contributed by atoms with van der Waals surface area (Å²) in [4.78, 5) is 8.03. The molecule has 92 valence electrons. The molecule has 0 aliphatic heterocycles. The highest BCUT2D eigenvalue weighted by atomic mass is 19.1. The van der Waals surface area contributed by atoms with Crippen LogP contribution in [0.25, 0.3) is 0 Å². The number of benzene rings is 1. The third-order valence-corrected chi connectivity index (χ3v) is 2.13. The highest BCUT2D eigenvalue weighted by molar-refractivity contribution is 5.93. The van der Waals surface area contributed by atoms with E-state index in [-0.39, 0.29) is 17.7 Å². The molecule has 2 rings (SSSR count). The molecule has 3 N–H and O–H groups in total. The van der Waals surface area contributed by atoms with E-state index in [0.717, 1.165) is 0 Å². The SMILES string of the molecule is Cc1cc(C(=N)N)nc(Oc2ccc(F)cc2)n1. The van der Waals surface area contributed by atoms with Gasteiger partial charge in [0.05, 0.1) is 0 Å². The van der Waals surface area contributed by atoms with Gasteiger partial charge in [0.1, 0.15) is 23.1 Å². The molecule has 0 amide bonds. The van der Waals surface area contributed by atoms with E-state index < -0.39 is 0 Å². The quantitative estimate of drug-likeness (QED) is 0.640. The molecule has 0 fully saturated rings. The van der Waals surface area contributed by atoms with Gasteiger partial charge in [-0.05, 0) is 37.3 Å². The number of rotatable bonds is 3. The van der Waals surface area contributed by atoms with Crippen molar-refractivity contribution in [1.82, 2.24) is 9.97 Å². The van der Waals surface area contributed by atoms with Crippen molar-refractivity contribution in [3.63, 3.8) is 0 Å². The zero-order valence-corrected chi connectivity index (χ0v) is 9.64. The van der Waals surface area contributed by atoms with Crippen LogP contribution in [0.3, 0.4) is 0 Å². The van der Waals surface area contributed by atoms with E-state index in [9.17, 15) is 4.39 Å². The van der Waals surface area contributed by atoms with Gasteiger partial charge in [0.25, 0.3) is 0 Å². The number of nitrogen functional groups attached to an aromatic ring is 1. The third kappa shape index (κ3) is 2.79. The van der Waals surface area contributed by atoms with Crippen molar-refractivity contribution in [3.8, 4) is 11.8 Å². The highest BCUT2D eigenvalue weighted by Gasteiger charge is 2.06. The van der Waals surface area contributed by atoms with Crippen LogP contribution in [0, 0.1) is 18.2 Å². The Kier molecular flexibility index (Phi) is 3.18. The van der Waals surface area contributed by atoms with Crippen LogP contribution in [0.4, 0.5) is 4.39 Å². The first-order valence-electron chi connectivity index (χ1n) is 5.18. The van der Waals surface area contributed by atoms with Crippen molar-refractivity contribution in [3.05, 3.63) is 47.5 Å². The van der Waals surface area contributed by atoms with E-state index in [4.69, 9.17) is 15.9 Å². The number of nitrogens with one attached hydrogen (secondary N) is 1. The molecule has 1 aromatic carbocycles. The van der Waals surface area contributed by atoms with Gasteiger partial charge in [-0.25, -0.2) is 9.37 Å². The van der Waals surface area contributed by atoms with Crippen molar-refractivity contribution < 1.29 is 9.13 Å². The summed E-state index contributed by atoms with van der Waals surface area (Å²) in [5.74, 6) is -0.0992. The summed E-state index contributed by atoms with van der Waals surface area (Å²) in [6, 6.07) is 7.14. The molecule has 6 heteroatoms. The standard InChI is InChI=1S/C12H11FN4O/c1-7-6-10(11(14)15)17-12(16-7)18-9-4-2-8(13)3-5-9/h2-6H,1H3,(H3,14,15). The highest BCUT2D eigenvalue weighted by Crippen LogP contribution is 2.18. The van der Waals surface area contributed by atoms with E-state index in [1.54, 1.807) is 13.0 Å². The topological polar surface area (TPSA) is 84.9 Å². The number of nitrogens with two attached hydrogens (primary N) is 1. The summed E-state index contributed by atoms with van der Waals surface area (Å²) >= 11 is 0. The predicted octanol–water partition coefficient (Wildman–Crippen LogP) is 2.00. The molecule has 0 aliphatic carbocycles. The molecule has 18 heavy (non-hydrogen) atoms. The van der Waals surface area contributed by atoms with E-state index in [0.29, 0.717) is 17.1 Å². The summed E-state index contributed by atoms with van der Waals surface area (Å²) in [6.45, 7) is 1.74. The molecule has 0 saturated carbocycles. The lowest BCUT2D eigenvalue weighted by Crippen LogP contribution is -2.14. The molecule has 0 saturated heterocycles. The Morgan fingerprint density at radius 1 is 1.28 bits per heavy atom. The van der Waals surface area contributed by atoms with Crippen LogP contribution in [0.1, 0.15) is 11.4 Å². The summed E-state index contributed by atoms with van der Waals surface area (Å²) < 4.78 is 18.1. The zero-order valence-electron chi connectivity index (χ0n) is 9.64. The number of aromatic nitrogens is 2. The van der Waals surface area contributed by atoms with E-state index in [1.807, 2.05) is 0 Å². The van der Waals surface area contributed by atoms with Crippen LogP contribution < -0.4 is 10.5 Å². The lowest BCUT2D eigenvalue weighted by molar-refractivity contribution is 0.438. The smallest absolute Gasteiger partial charge is 0.322 e. The maximum atomic E-state index is 12.7. The van der Waals surface area contributed by atoms with E-state index in [1.165, 1.54) is 24.3 Å². The Balaban J connectivity index is 2.28. The van der Waals surface area contributed by atoms with Crippen LogP contribution in [-0.4, -0.2) is 15.8 Å². The molecule has 1 heterocycles. The largest absolute Gasteiger partial charge is 0.424 e. The Bertz CT molecular complexity index is 583. The number of nitrogens with zero attached hydrogens (tertiary/aromatic N) is 2. The average Bonchev–Trinajstić information content (AvgIpc) is 2.31. The van der Waals surface area contributed by atoms with Gasteiger partial charge in [-0.1, -0.05) is 0 Å². The molecular weight excluding hydrogens is 235 g/mol. The summed E-state index contributed by atoms with van der Waals surface area (Å²) in [5, 5.41) is 7.32. The monoisotopic (exact) mass is 246 g/mol. The molecule has 0 spiro atoms. The minimum atomic E-state index is -0.350. The van der Waals surface area contributed by atoms with Gasteiger partial charge in [0.2, 0.25) is 0 Å². The van der Waals surface area contributed by atoms with Gasteiger partial charge in [0.15, 0.2) is 0 Å². The van der Waals surface area contributed by atoms with Gasteiger partial charge in [-0.2, -0.15) is 4.98 Å². The van der Waals surface area contributed by atoms with Crippen LogP contribution in [-0.2, 0) is 0 Å². The van der Waals surface area contributed by atoms with Gasteiger partial charge < -0.3 is 10.5 Å². The number of amidine groups is 1. The number of ether oxygens (including phenoxy) is 1. The van der Waals surface area contributed by atoms with Crippen molar-refractivity contribution >= 4 is 5.84 Å². The first-order chi connectivity index (χ1) is 8.54. The Morgan fingerprint density at radius 3 is 2.56 bits per heavy atom. The fourth-order valence-electron chi connectivity index (χ4n) is 1.33. The molecule has 0 radical (unpaired) electrons. The first kappa shape index (κ1) is 12.0.